The number of carbonyl (C=O) groups excluding carboxylic acids is 2. The van der Waals surface area contributed by atoms with Gasteiger partial charge in [-0.05, 0) is 28.2 Å². The van der Waals surface area contributed by atoms with Gasteiger partial charge in [-0.25, -0.2) is 9.59 Å². The molecule has 1 saturated heterocycles. The molecule has 2 amide bonds. The number of amides is 2. The number of benzene rings is 2. The number of hydrogen-bond donors (Lipinski definition) is 2. The molecule has 2 N–H and O–H groups in total. The quantitative estimate of drug-likeness (QED) is 0.638. The minimum absolute atomic E-state index is 0.0566. The molecule has 4 rings (SSSR count). The highest BCUT2D eigenvalue weighted by molar-refractivity contribution is 5.86. The lowest BCUT2D eigenvalue weighted by Crippen LogP contribution is -2.61. The van der Waals surface area contributed by atoms with Crippen molar-refractivity contribution in [3.8, 4) is 11.1 Å². The van der Waals surface area contributed by atoms with Gasteiger partial charge in [0.05, 0.1) is 6.10 Å². The Morgan fingerprint density at radius 1 is 1.03 bits per heavy atom. The summed E-state index contributed by atoms with van der Waals surface area (Å²) in [5, 5.41) is 11.4. The van der Waals surface area contributed by atoms with Gasteiger partial charge in [0.25, 0.3) is 0 Å². The SMILES string of the molecule is CC(C)C(NC(=O)OCC1c2ccccc2-c2ccccc21)C(=O)N1CC(OCC(=O)O)C1. The molecule has 0 radical (unpaired) electrons. The minimum atomic E-state index is -1.04. The van der Waals surface area contributed by atoms with Gasteiger partial charge in [-0.1, -0.05) is 62.4 Å². The zero-order chi connectivity index (χ0) is 23.5. The van der Waals surface area contributed by atoms with Crippen LogP contribution in [0.25, 0.3) is 11.1 Å². The van der Waals surface area contributed by atoms with Gasteiger partial charge in [0.15, 0.2) is 0 Å². The van der Waals surface area contributed by atoms with Crippen LogP contribution >= 0.6 is 0 Å². The Hall–Kier alpha value is -3.39. The Balaban J connectivity index is 1.34. The summed E-state index contributed by atoms with van der Waals surface area (Å²) in [5.41, 5.74) is 4.54. The number of nitrogens with one attached hydrogen (secondary N) is 1. The third kappa shape index (κ3) is 4.85. The number of fused-ring (bicyclic) bond motifs is 3. The van der Waals surface area contributed by atoms with Crippen molar-refractivity contribution < 1.29 is 29.0 Å². The number of carbonyl (C=O) groups is 3. The molecular formula is C25H28N2O6. The molecule has 2 aliphatic rings. The molecule has 1 heterocycles. The lowest BCUT2D eigenvalue weighted by atomic mass is 9.98. The van der Waals surface area contributed by atoms with Crippen LogP contribution in [0.1, 0.15) is 30.9 Å². The Kier molecular flexibility index (Phi) is 6.65. The van der Waals surface area contributed by atoms with E-state index in [1.54, 1.807) is 4.90 Å². The molecule has 1 atom stereocenters. The van der Waals surface area contributed by atoms with Gasteiger partial charge in [0.2, 0.25) is 5.91 Å². The third-order valence-corrected chi connectivity index (χ3v) is 6.15. The smallest absolute Gasteiger partial charge is 0.407 e. The van der Waals surface area contributed by atoms with Crippen LogP contribution in [0.5, 0.6) is 0 Å². The number of aliphatic carboxylic acids is 1. The number of likely N-dealkylation sites (tertiary alicyclic amines) is 1. The zero-order valence-electron chi connectivity index (χ0n) is 18.7. The van der Waals surface area contributed by atoms with Gasteiger partial charge in [-0.2, -0.15) is 0 Å². The molecule has 0 bridgehead atoms. The largest absolute Gasteiger partial charge is 0.480 e. The normalized spacial score (nSPS) is 16.0. The van der Waals surface area contributed by atoms with E-state index in [-0.39, 0.29) is 30.5 Å². The van der Waals surface area contributed by atoms with E-state index in [1.165, 1.54) is 0 Å². The summed E-state index contributed by atoms with van der Waals surface area (Å²) < 4.78 is 10.8. The molecule has 33 heavy (non-hydrogen) atoms. The van der Waals surface area contributed by atoms with Crippen LogP contribution in [0.15, 0.2) is 48.5 Å². The molecule has 8 nitrogen and oxygen atoms in total. The maximum Gasteiger partial charge on any atom is 0.407 e. The van der Waals surface area contributed by atoms with Gasteiger partial charge in [0, 0.05) is 19.0 Å². The zero-order valence-corrected chi connectivity index (χ0v) is 18.7. The van der Waals surface area contributed by atoms with Crippen molar-refractivity contribution in [2.24, 2.45) is 5.92 Å². The van der Waals surface area contributed by atoms with E-state index in [1.807, 2.05) is 38.1 Å². The number of rotatable bonds is 8. The van der Waals surface area contributed by atoms with Crippen LogP contribution in [0.3, 0.4) is 0 Å². The van der Waals surface area contributed by atoms with E-state index < -0.39 is 24.7 Å². The van der Waals surface area contributed by atoms with E-state index >= 15 is 0 Å². The van der Waals surface area contributed by atoms with Crippen molar-refractivity contribution in [3.63, 3.8) is 0 Å². The van der Waals surface area contributed by atoms with Crippen molar-refractivity contribution in [1.82, 2.24) is 10.2 Å². The van der Waals surface area contributed by atoms with Crippen LogP contribution in [-0.2, 0) is 19.1 Å². The molecule has 1 fully saturated rings. The average Bonchev–Trinajstić information content (AvgIpc) is 3.08. The summed E-state index contributed by atoms with van der Waals surface area (Å²) in [6.45, 7) is 4.10. The fourth-order valence-electron chi connectivity index (χ4n) is 4.39. The first-order valence-corrected chi connectivity index (χ1v) is 11.1. The topological polar surface area (TPSA) is 105 Å². The van der Waals surface area contributed by atoms with Crippen molar-refractivity contribution in [2.45, 2.75) is 31.9 Å². The summed E-state index contributed by atoms with van der Waals surface area (Å²) in [6, 6.07) is 15.5. The van der Waals surface area contributed by atoms with Crippen molar-refractivity contribution in [2.75, 3.05) is 26.3 Å². The molecule has 1 unspecified atom stereocenters. The second kappa shape index (κ2) is 9.62. The van der Waals surface area contributed by atoms with Crippen LogP contribution in [0.2, 0.25) is 0 Å². The first-order valence-electron chi connectivity index (χ1n) is 11.1. The molecule has 0 spiro atoms. The standard InChI is InChI=1S/C25H28N2O6/c1-15(2)23(24(30)27-11-16(12-27)32-14-22(28)29)26-25(31)33-13-21-19-9-5-3-7-17(19)18-8-4-6-10-20(18)21/h3-10,15-16,21,23H,11-14H2,1-2H3,(H,26,31)(H,28,29). The highest BCUT2D eigenvalue weighted by Gasteiger charge is 2.37. The molecule has 8 heteroatoms. The summed E-state index contributed by atoms with van der Waals surface area (Å²) in [7, 11) is 0. The van der Waals surface area contributed by atoms with Crippen LogP contribution < -0.4 is 5.32 Å². The fraction of sp³-hybridized carbons (Fsp3) is 0.400. The number of ether oxygens (including phenoxy) is 2. The average molecular weight is 453 g/mol. The van der Waals surface area contributed by atoms with E-state index in [9.17, 15) is 14.4 Å². The van der Waals surface area contributed by atoms with Crippen molar-refractivity contribution >= 4 is 18.0 Å². The highest BCUT2D eigenvalue weighted by atomic mass is 16.5. The van der Waals surface area contributed by atoms with E-state index in [0.29, 0.717) is 13.1 Å². The van der Waals surface area contributed by atoms with Crippen LogP contribution in [0, 0.1) is 5.92 Å². The molecule has 0 saturated carbocycles. The lowest BCUT2D eigenvalue weighted by molar-refractivity contribution is -0.156. The molecule has 0 aromatic heterocycles. The van der Waals surface area contributed by atoms with Gasteiger partial charge in [-0.15, -0.1) is 0 Å². The van der Waals surface area contributed by atoms with Gasteiger partial charge in [-0.3, -0.25) is 4.79 Å². The number of alkyl carbamates (subject to hydrolysis) is 1. The number of carboxylic acids is 1. The van der Waals surface area contributed by atoms with Crippen LogP contribution in [-0.4, -0.2) is 66.4 Å². The number of carboxylic acid groups (broad SMARTS) is 1. The third-order valence-electron chi connectivity index (χ3n) is 6.15. The Labute approximate surface area is 192 Å². The predicted molar refractivity (Wildman–Crippen MR) is 121 cm³/mol. The number of nitrogens with zero attached hydrogens (tertiary/aromatic N) is 1. The summed E-state index contributed by atoms with van der Waals surface area (Å²) >= 11 is 0. The maximum atomic E-state index is 12.9. The van der Waals surface area contributed by atoms with Crippen molar-refractivity contribution in [1.29, 1.82) is 0 Å². The molecule has 174 valence electrons. The summed E-state index contributed by atoms with van der Waals surface area (Å²) in [5.74, 6) is -1.47. The second-order valence-electron chi connectivity index (χ2n) is 8.76. The first kappa shape index (κ1) is 22.8. The van der Waals surface area contributed by atoms with Gasteiger partial charge >= 0.3 is 12.1 Å². The van der Waals surface area contributed by atoms with E-state index in [2.05, 4.69) is 29.6 Å². The summed E-state index contributed by atoms with van der Waals surface area (Å²) in [6.07, 6.45) is -0.935. The fourth-order valence-corrected chi connectivity index (χ4v) is 4.39. The Morgan fingerprint density at radius 3 is 2.15 bits per heavy atom. The van der Waals surface area contributed by atoms with Gasteiger partial charge < -0.3 is 24.8 Å². The molecule has 2 aromatic rings. The lowest BCUT2D eigenvalue weighted by Gasteiger charge is -2.41. The number of hydrogen-bond acceptors (Lipinski definition) is 5. The second-order valence-corrected chi connectivity index (χ2v) is 8.76. The maximum absolute atomic E-state index is 12.9. The summed E-state index contributed by atoms with van der Waals surface area (Å²) in [4.78, 5) is 37.6. The predicted octanol–water partition coefficient (Wildman–Crippen LogP) is 2.86. The van der Waals surface area contributed by atoms with Crippen molar-refractivity contribution in [3.05, 3.63) is 59.7 Å². The van der Waals surface area contributed by atoms with Gasteiger partial charge in [0.1, 0.15) is 19.3 Å². The molecule has 1 aliphatic carbocycles. The molecule has 2 aromatic carbocycles. The highest BCUT2D eigenvalue weighted by Crippen LogP contribution is 2.44. The van der Waals surface area contributed by atoms with E-state index in [0.717, 1.165) is 22.3 Å². The monoisotopic (exact) mass is 452 g/mol. The first-order chi connectivity index (χ1) is 15.8. The molecule has 1 aliphatic heterocycles. The van der Waals surface area contributed by atoms with Crippen LogP contribution in [0.4, 0.5) is 4.79 Å². The Bertz CT molecular complexity index is 1000. The van der Waals surface area contributed by atoms with E-state index in [4.69, 9.17) is 14.6 Å². The minimum Gasteiger partial charge on any atom is -0.480 e. The molecular weight excluding hydrogens is 424 g/mol. The Morgan fingerprint density at radius 2 is 1.61 bits per heavy atom.